The van der Waals surface area contributed by atoms with E-state index < -0.39 is 6.10 Å². The first-order valence-electron chi connectivity index (χ1n) is 8.47. The molecule has 8 heteroatoms. The largest absolute Gasteiger partial charge is 0.506 e. The summed E-state index contributed by atoms with van der Waals surface area (Å²) in [5.74, 6) is -0.389. The molecule has 0 aromatic heterocycles. The van der Waals surface area contributed by atoms with E-state index in [4.69, 9.17) is 4.74 Å². The summed E-state index contributed by atoms with van der Waals surface area (Å²) >= 11 is 0. The number of anilines is 1. The van der Waals surface area contributed by atoms with Gasteiger partial charge in [-0.1, -0.05) is 18.2 Å². The van der Waals surface area contributed by atoms with Crippen LogP contribution in [-0.2, 0) is 11.2 Å². The first-order chi connectivity index (χ1) is 12.6. The molecule has 2 aromatic rings. The zero-order valence-corrected chi connectivity index (χ0v) is 15.4. The second-order valence-electron chi connectivity index (χ2n) is 6.13. The van der Waals surface area contributed by atoms with Crippen LogP contribution < -0.4 is 15.4 Å². The number of ether oxygens (including phenoxy) is 1. The summed E-state index contributed by atoms with van der Waals surface area (Å²) in [4.78, 5) is 11.4. The average Bonchev–Trinajstić information content (AvgIpc) is 2.63. The van der Waals surface area contributed by atoms with Crippen molar-refractivity contribution in [3.8, 4) is 11.5 Å². The van der Waals surface area contributed by atoms with Crippen molar-refractivity contribution >= 4 is 24.0 Å². The molecule has 0 fully saturated rings. The number of fused-ring (bicyclic) bond motifs is 1. The molecule has 0 saturated heterocycles. The lowest BCUT2D eigenvalue weighted by atomic mass is 10.0. The Morgan fingerprint density at radius 1 is 1.26 bits per heavy atom. The molecule has 1 unspecified atom stereocenters. The number of phenolic OH excluding ortho intramolecular Hbond substituents is 1. The second-order valence-corrected chi connectivity index (χ2v) is 6.13. The molecular weight excluding hydrogens is 375 g/mol. The number of halogens is 2. The Labute approximate surface area is 162 Å². The summed E-state index contributed by atoms with van der Waals surface area (Å²) in [7, 11) is 0. The summed E-state index contributed by atoms with van der Waals surface area (Å²) < 4.78 is 18.9. The van der Waals surface area contributed by atoms with Gasteiger partial charge in [-0.15, -0.1) is 12.4 Å². The minimum Gasteiger partial charge on any atom is -0.506 e. The highest BCUT2D eigenvalue weighted by molar-refractivity contribution is 5.97. The van der Waals surface area contributed by atoms with Crippen LogP contribution in [0.2, 0.25) is 0 Å². The highest BCUT2D eigenvalue weighted by Crippen LogP contribution is 2.41. The highest BCUT2D eigenvalue weighted by Gasteiger charge is 2.25. The monoisotopic (exact) mass is 396 g/mol. The van der Waals surface area contributed by atoms with Gasteiger partial charge in [0.15, 0.2) is 12.4 Å². The maximum atomic E-state index is 13.5. The van der Waals surface area contributed by atoms with E-state index in [0.29, 0.717) is 24.1 Å². The van der Waals surface area contributed by atoms with Crippen LogP contribution in [-0.4, -0.2) is 35.8 Å². The van der Waals surface area contributed by atoms with Gasteiger partial charge in [0.1, 0.15) is 17.3 Å². The van der Waals surface area contributed by atoms with Crippen LogP contribution in [0, 0.1) is 5.82 Å². The van der Waals surface area contributed by atoms with E-state index in [0.717, 1.165) is 6.42 Å². The van der Waals surface area contributed by atoms with E-state index in [9.17, 15) is 19.4 Å². The van der Waals surface area contributed by atoms with E-state index in [1.54, 1.807) is 18.2 Å². The molecule has 3 rings (SSSR count). The van der Waals surface area contributed by atoms with Crippen molar-refractivity contribution in [2.45, 2.75) is 18.9 Å². The predicted molar refractivity (Wildman–Crippen MR) is 102 cm³/mol. The van der Waals surface area contributed by atoms with Crippen LogP contribution in [0.3, 0.4) is 0 Å². The van der Waals surface area contributed by atoms with Gasteiger partial charge in [-0.3, -0.25) is 4.79 Å². The molecule has 0 saturated carbocycles. The summed E-state index contributed by atoms with van der Waals surface area (Å²) in [6.45, 7) is 0.724. The van der Waals surface area contributed by atoms with Crippen LogP contribution in [0.15, 0.2) is 36.4 Å². The molecule has 146 valence electrons. The molecule has 1 heterocycles. The number of amides is 1. The zero-order chi connectivity index (χ0) is 18.5. The first-order valence-corrected chi connectivity index (χ1v) is 8.47. The molecule has 1 aliphatic rings. The van der Waals surface area contributed by atoms with Crippen molar-refractivity contribution in [3.63, 3.8) is 0 Å². The smallest absolute Gasteiger partial charge is 0.262 e. The number of aryl methyl sites for hydroxylation is 1. The Morgan fingerprint density at radius 2 is 2.04 bits per heavy atom. The third-order valence-corrected chi connectivity index (χ3v) is 4.23. The third-order valence-electron chi connectivity index (χ3n) is 4.23. The summed E-state index contributed by atoms with van der Waals surface area (Å²) in [6.07, 6.45) is 0.473. The highest BCUT2D eigenvalue weighted by atomic mass is 35.5. The molecule has 1 atom stereocenters. The molecule has 0 aliphatic carbocycles. The summed E-state index contributed by atoms with van der Waals surface area (Å²) in [6, 6.07) is 9.65. The molecule has 1 aliphatic heterocycles. The first kappa shape index (κ1) is 21.0. The fourth-order valence-electron chi connectivity index (χ4n) is 2.89. The number of nitrogens with one attached hydrogen (secondary N) is 2. The van der Waals surface area contributed by atoms with Gasteiger partial charge < -0.3 is 25.6 Å². The molecule has 1 amide bonds. The van der Waals surface area contributed by atoms with Crippen LogP contribution >= 0.6 is 12.4 Å². The Morgan fingerprint density at radius 3 is 2.81 bits per heavy atom. The molecule has 0 bridgehead atoms. The lowest BCUT2D eigenvalue weighted by molar-refractivity contribution is -0.118. The van der Waals surface area contributed by atoms with Gasteiger partial charge >= 0.3 is 0 Å². The number of carbonyl (C=O) groups is 1. The van der Waals surface area contributed by atoms with Gasteiger partial charge in [0, 0.05) is 12.1 Å². The number of carbonyl (C=O) groups excluding carboxylic acids is 1. The minimum atomic E-state index is -0.868. The minimum absolute atomic E-state index is 0. The molecule has 0 radical (unpaired) electrons. The topological polar surface area (TPSA) is 90.8 Å². The summed E-state index contributed by atoms with van der Waals surface area (Å²) in [5.41, 5.74) is 1.34. The van der Waals surface area contributed by atoms with Crippen molar-refractivity contribution in [2.75, 3.05) is 25.0 Å². The molecular formula is C19H22ClFN2O4. The van der Waals surface area contributed by atoms with E-state index in [-0.39, 0.29) is 54.5 Å². The Hall–Kier alpha value is -2.35. The number of aliphatic hydroxyl groups is 1. The van der Waals surface area contributed by atoms with Crippen LogP contribution in [0.4, 0.5) is 10.1 Å². The van der Waals surface area contributed by atoms with Crippen molar-refractivity contribution in [3.05, 3.63) is 53.3 Å². The van der Waals surface area contributed by atoms with Crippen LogP contribution in [0.1, 0.15) is 23.7 Å². The fraction of sp³-hybridized carbons (Fsp3) is 0.316. The molecule has 27 heavy (non-hydrogen) atoms. The van der Waals surface area contributed by atoms with Gasteiger partial charge in [0.2, 0.25) is 0 Å². The van der Waals surface area contributed by atoms with E-state index in [2.05, 4.69) is 10.6 Å². The quantitative estimate of drug-likeness (QED) is 0.426. The number of rotatable bonds is 7. The van der Waals surface area contributed by atoms with Gasteiger partial charge in [-0.05, 0) is 43.1 Å². The van der Waals surface area contributed by atoms with Crippen molar-refractivity contribution in [1.82, 2.24) is 5.32 Å². The van der Waals surface area contributed by atoms with E-state index in [1.807, 2.05) is 6.07 Å². The second kappa shape index (κ2) is 9.55. The molecule has 2 aromatic carbocycles. The van der Waals surface area contributed by atoms with Gasteiger partial charge in [0.25, 0.3) is 5.91 Å². The van der Waals surface area contributed by atoms with Crippen molar-refractivity contribution in [1.29, 1.82) is 0 Å². The normalized spacial score (nSPS) is 13.8. The van der Waals surface area contributed by atoms with Gasteiger partial charge in [-0.2, -0.15) is 0 Å². The number of hydrogen-bond donors (Lipinski definition) is 4. The third kappa shape index (κ3) is 5.09. The Balaban J connectivity index is 0.00000261. The zero-order valence-electron chi connectivity index (χ0n) is 14.6. The SMILES string of the molecule is Cl.O=C1COc2c(C(O)CNCCCc3ccccc3F)ccc(O)c2N1. The fourth-order valence-corrected chi connectivity index (χ4v) is 2.89. The lowest BCUT2D eigenvalue weighted by Crippen LogP contribution is -2.28. The lowest BCUT2D eigenvalue weighted by Gasteiger charge is -2.23. The summed E-state index contributed by atoms with van der Waals surface area (Å²) in [5, 5.41) is 25.9. The maximum Gasteiger partial charge on any atom is 0.262 e. The van der Waals surface area contributed by atoms with Gasteiger partial charge in [0.05, 0.1) is 6.10 Å². The number of aromatic hydroxyl groups is 1. The Kier molecular flexibility index (Phi) is 7.41. The standard InChI is InChI=1S/C19H21FN2O4.ClH/c20-14-6-2-1-4-12(14)5-3-9-21-10-16(24)13-7-8-15(23)18-19(13)26-11-17(25)22-18;/h1-2,4,6-8,16,21,23-24H,3,5,9-11H2,(H,22,25);1H. The predicted octanol–water partition coefficient (Wildman–Crippen LogP) is 2.54. The average molecular weight is 397 g/mol. The van der Waals surface area contributed by atoms with Crippen molar-refractivity contribution < 1.29 is 24.1 Å². The van der Waals surface area contributed by atoms with Crippen LogP contribution in [0.5, 0.6) is 11.5 Å². The number of hydrogen-bond acceptors (Lipinski definition) is 5. The maximum absolute atomic E-state index is 13.5. The number of benzene rings is 2. The molecule has 6 nitrogen and oxygen atoms in total. The van der Waals surface area contributed by atoms with Crippen molar-refractivity contribution in [2.24, 2.45) is 0 Å². The van der Waals surface area contributed by atoms with Gasteiger partial charge in [-0.25, -0.2) is 4.39 Å². The molecule has 0 spiro atoms. The Bertz CT molecular complexity index is 803. The number of phenols is 1. The van der Waals surface area contributed by atoms with E-state index >= 15 is 0 Å². The van der Waals surface area contributed by atoms with E-state index in [1.165, 1.54) is 12.1 Å². The molecule has 4 N–H and O–H groups in total. The number of aliphatic hydroxyl groups excluding tert-OH is 1. The van der Waals surface area contributed by atoms with Crippen LogP contribution in [0.25, 0.3) is 0 Å².